The molecule has 0 atom stereocenters. The Bertz CT molecular complexity index is 1420. The van der Waals surface area contributed by atoms with Crippen LogP contribution < -0.4 is 0 Å². The zero-order valence-electron chi connectivity index (χ0n) is 17.9. The maximum absolute atomic E-state index is 10.3. The van der Waals surface area contributed by atoms with Crippen molar-refractivity contribution in [1.29, 1.82) is 78.9 Å². The van der Waals surface area contributed by atoms with Crippen LogP contribution in [0.3, 0.4) is 0 Å². The molecule has 0 N–H and O–H groups in total. The van der Waals surface area contributed by atoms with Crippen molar-refractivity contribution >= 4 is 154 Å². The summed E-state index contributed by atoms with van der Waals surface area (Å²) in [5, 5.41) is 128. The third-order valence-corrected chi connectivity index (χ3v) is 14.9. The van der Waals surface area contributed by atoms with E-state index in [1.54, 1.807) is 0 Å². The second kappa shape index (κ2) is 14.9. The van der Waals surface area contributed by atoms with Crippen molar-refractivity contribution in [3.8, 4) is 74.5 Å². The van der Waals surface area contributed by atoms with E-state index >= 15 is 0 Å². The maximum atomic E-state index is 10.3. The van der Waals surface area contributed by atoms with Crippen molar-refractivity contribution in [3.63, 3.8) is 0 Å². The third kappa shape index (κ3) is 6.57. The summed E-state index contributed by atoms with van der Waals surface area (Å²) in [5.74, 6) is 0. The van der Waals surface area contributed by atoms with E-state index in [2.05, 4.69) is 0 Å². The summed E-state index contributed by atoms with van der Waals surface area (Å²) in [6.07, 6.45) is 0. The monoisotopic (exact) mass is 765 g/mol. The molecule has 0 unspecified atom stereocenters. The van der Waals surface area contributed by atoms with Gasteiger partial charge in [0.25, 0.3) is 0 Å². The molecule has 21 nitrogen and oxygen atoms in total. The van der Waals surface area contributed by atoms with Crippen molar-refractivity contribution < 1.29 is 32.9 Å². The number of rotatable bonds is 3. The molecule has 0 aromatic rings. The van der Waals surface area contributed by atoms with Crippen molar-refractivity contribution in [1.82, 2.24) is 0 Å². The van der Waals surface area contributed by atoms with Crippen molar-refractivity contribution in [2.24, 2.45) is 12.6 Å². The summed E-state index contributed by atoms with van der Waals surface area (Å²) in [4.78, 5) is 44.9. The van der Waals surface area contributed by atoms with E-state index in [0.29, 0.717) is 0 Å². The fourth-order valence-electron chi connectivity index (χ4n) is 0.798. The number of nitrogens with zero attached hydrogens (tertiary/aromatic N) is 18. The molecule has 0 aliphatic heterocycles. The van der Waals surface area contributed by atoms with Crippen LogP contribution in [0.1, 0.15) is 0 Å². The molecule has 27 heteroatoms. The fraction of sp³-hybridized carbons (Fsp3) is 0. The molecular weight excluding hydrogens is 762 g/mol. The van der Waals surface area contributed by atoms with Crippen LogP contribution in [0.5, 0.6) is 0 Å². The summed E-state index contributed by atoms with van der Waals surface area (Å²) in [7, 11) is -19.6. The first-order valence-corrected chi connectivity index (χ1v) is 17.7. The molecule has 0 fully saturated rings. The van der Waals surface area contributed by atoms with Crippen LogP contribution in [0.4, 0.5) is 0 Å². The second-order valence-electron chi connectivity index (χ2n) is 5.58. The minimum absolute atomic E-state index is 0. The first-order chi connectivity index (χ1) is 17.9. The average Bonchev–Trinajstić information content (AvgIpc) is 3.06. The Morgan fingerprint density at radius 2 is 0.333 bits per heavy atom. The van der Waals surface area contributed by atoms with Gasteiger partial charge in [-0.2, -0.15) is 0 Å². The van der Waals surface area contributed by atoms with E-state index in [-0.39, 0.29) is 154 Å². The predicted octanol–water partition coefficient (Wildman–Crippen LogP) is -1.05. The quantitative estimate of drug-likeness (QED) is 0.244. The Labute approximate surface area is 359 Å². The second-order valence-corrected chi connectivity index (χ2v) is 23.0. The standard InChI is InChI=1S/15CN.3K.3Mn.3NO.3H/c15*1-2;;;;;;;3*1-2;;;/q;;;;;;;;;;;;;;;;;;3*+1;3*-1;;;. The van der Waals surface area contributed by atoms with E-state index < -0.39 is 32.9 Å². The summed E-state index contributed by atoms with van der Waals surface area (Å²) in [6, 6.07) is 0. The molecule has 0 aliphatic carbocycles. The number of nitroso groups, excluding NO2 is 3. The van der Waals surface area contributed by atoms with Gasteiger partial charge in [0.1, 0.15) is 0 Å². The Balaban J connectivity index is -0.000000112. The van der Waals surface area contributed by atoms with Crippen LogP contribution in [-0.4, -0.2) is 154 Å². The summed E-state index contributed by atoms with van der Waals surface area (Å²) < 4.78 is 5.93. The van der Waals surface area contributed by atoms with Crippen molar-refractivity contribution in [3.05, 3.63) is 14.7 Å². The minimum atomic E-state index is -6.53. The van der Waals surface area contributed by atoms with Gasteiger partial charge in [-0.25, -0.2) is 0 Å². The Hall–Kier alpha value is -2.38. The summed E-state index contributed by atoms with van der Waals surface area (Å²) in [5.41, 5.74) is 0. The van der Waals surface area contributed by atoms with Crippen molar-refractivity contribution in [2.45, 2.75) is 0 Å². The van der Waals surface area contributed by atoms with Gasteiger partial charge in [-0.05, 0) is 0 Å². The van der Waals surface area contributed by atoms with E-state index in [9.17, 15) is 14.7 Å². The first-order valence-electron chi connectivity index (χ1n) is 7.24. The molecular formula is C15H3K3Mn3N18O3. The van der Waals surface area contributed by atoms with Gasteiger partial charge in [-0.1, -0.05) is 0 Å². The number of nitriles is 15. The third-order valence-electron chi connectivity index (χ3n) is 3.62. The molecule has 0 rings (SSSR count). The molecule has 42 heavy (non-hydrogen) atoms. The van der Waals surface area contributed by atoms with Gasteiger partial charge in [-0.3, -0.25) is 0 Å². The van der Waals surface area contributed by atoms with Gasteiger partial charge < -0.3 is 0 Å². The van der Waals surface area contributed by atoms with Crippen LogP contribution in [0.15, 0.2) is 12.6 Å². The van der Waals surface area contributed by atoms with Gasteiger partial charge >= 0.3 is 368 Å². The molecule has 0 aromatic heterocycles. The van der Waals surface area contributed by atoms with Crippen LogP contribution in [0.2, 0.25) is 0 Å². The number of hydrogen-bond donors (Lipinski definition) is 0. The zero-order valence-corrected chi connectivity index (χ0v) is 21.4. The molecule has 0 aliphatic rings. The van der Waals surface area contributed by atoms with Gasteiger partial charge in [0, 0.05) is 0 Å². The van der Waals surface area contributed by atoms with E-state index in [4.69, 9.17) is 78.9 Å². The van der Waals surface area contributed by atoms with Crippen molar-refractivity contribution in [2.75, 3.05) is 0 Å². The summed E-state index contributed by atoms with van der Waals surface area (Å²) >= 11 is 0. The molecule has 0 radical (unpaired) electrons. The van der Waals surface area contributed by atoms with Crippen LogP contribution >= 0.6 is 0 Å². The van der Waals surface area contributed by atoms with Gasteiger partial charge in [0.2, 0.25) is 0 Å². The Kier molecular flexibility index (Phi) is 18.5. The van der Waals surface area contributed by atoms with Crippen LogP contribution in [-0.2, 0) is 32.9 Å². The molecule has 0 heterocycles. The topological polar surface area (TPSA) is 445 Å². The van der Waals surface area contributed by atoms with Crippen LogP contribution in [0.25, 0.3) is 0 Å². The molecule has 0 amide bonds. The van der Waals surface area contributed by atoms with E-state index in [1.807, 2.05) is 12.6 Å². The fourth-order valence-corrected chi connectivity index (χ4v) is 3.29. The molecule has 195 valence electrons. The van der Waals surface area contributed by atoms with Gasteiger partial charge in [0.05, 0.1) is 0 Å². The Morgan fingerprint density at radius 3 is 0.333 bits per heavy atom. The molecule has 0 saturated heterocycles. The SMILES string of the molecule is N#[C][Mn]([C]#N)([C]#N)([C]#N)([C]#N)[N]=O.N#[C][Mn]([C]#N)([C]#N)([C]#N)([C]#N)[N]=O.N#[C][Mn]([C]#N)([C]#N)([C]#N)([C]#N)[N]=O.[KH].[KH].[KH]. The molecule has 0 bridgehead atoms. The van der Waals surface area contributed by atoms with Gasteiger partial charge in [-0.15, -0.1) is 0 Å². The van der Waals surface area contributed by atoms with E-state index in [0.717, 1.165) is 74.5 Å². The van der Waals surface area contributed by atoms with E-state index in [1.165, 1.54) is 0 Å². The normalized spacial score (nSPS) is 12.8. The van der Waals surface area contributed by atoms with Gasteiger partial charge in [0.15, 0.2) is 0 Å². The molecule has 0 aromatic carbocycles. The average molecular weight is 765 g/mol. The predicted molar refractivity (Wildman–Crippen MR) is 123 cm³/mol. The Morgan fingerprint density at radius 1 is 0.262 bits per heavy atom. The molecule has 0 spiro atoms. The van der Waals surface area contributed by atoms with Crippen LogP contribution in [0, 0.1) is 168 Å². The first kappa shape index (κ1) is 52.3. The summed E-state index contributed by atoms with van der Waals surface area (Å²) in [6.45, 7) is 0. The molecule has 0 saturated carbocycles. The number of hydrogen-bond acceptors (Lipinski definition) is 21. The zero-order chi connectivity index (χ0) is 32.0.